The monoisotopic (exact) mass is 695 g/mol. The molecule has 0 aromatic heterocycles. The predicted molar refractivity (Wildman–Crippen MR) is 214 cm³/mol. The van der Waals surface area contributed by atoms with Gasteiger partial charge in [-0.15, -0.1) is 0 Å². The van der Waals surface area contributed by atoms with Crippen molar-refractivity contribution in [2.75, 3.05) is 32.7 Å². The Hall–Kier alpha value is -4.80. The minimum absolute atomic E-state index is 0.266. The maximum Gasteiger partial charge on any atom is 0.210 e. The molecule has 2 heterocycles. The highest BCUT2D eigenvalue weighted by Gasteiger charge is 2.48. The van der Waals surface area contributed by atoms with E-state index >= 15 is 0 Å². The van der Waals surface area contributed by atoms with Gasteiger partial charge in [0.1, 0.15) is 18.5 Å². The molecule has 51 heavy (non-hydrogen) atoms. The second-order valence-corrected chi connectivity index (χ2v) is 15.0. The third kappa shape index (κ3) is 6.04. The lowest BCUT2D eigenvalue weighted by Gasteiger charge is -2.31. The summed E-state index contributed by atoms with van der Waals surface area (Å²) in [7, 11) is 5.63. The molecule has 2 aliphatic rings. The lowest BCUT2D eigenvalue weighted by atomic mass is 9.72. The van der Waals surface area contributed by atoms with Gasteiger partial charge in [-0.1, -0.05) is 73.1 Å². The van der Waals surface area contributed by atoms with Gasteiger partial charge in [0.25, 0.3) is 0 Å². The van der Waals surface area contributed by atoms with Crippen molar-refractivity contribution in [2.45, 2.75) is 57.8 Å². The number of nitrogens with zero attached hydrogens (tertiary/aromatic N) is 2. The molecule has 0 radical (unpaired) electrons. The summed E-state index contributed by atoms with van der Waals surface area (Å²) in [4.78, 5) is 2.52. The Morgan fingerprint density at radius 1 is 0.824 bits per heavy atom. The highest BCUT2D eigenvalue weighted by molar-refractivity contribution is 6.30. The molecule has 4 nitrogen and oxygen atoms in total. The van der Waals surface area contributed by atoms with Crippen LogP contribution in [-0.4, -0.2) is 38.1 Å². The van der Waals surface area contributed by atoms with Crippen LogP contribution in [0.4, 0.5) is 11.4 Å². The molecule has 0 spiro atoms. The Labute approximate surface area is 308 Å². The maximum atomic E-state index is 6.71. The van der Waals surface area contributed by atoms with Crippen LogP contribution in [0, 0.1) is 6.92 Å². The number of halogens is 1. The van der Waals surface area contributed by atoms with E-state index in [-0.39, 0.29) is 10.8 Å². The largest absolute Gasteiger partial charge is 0.497 e. The van der Waals surface area contributed by atoms with Crippen molar-refractivity contribution < 1.29 is 14.0 Å². The molecule has 5 aromatic carbocycles. The first-order chi connectivity index (χ1) is 24.6. The van der Waals surface area contributed by atoms with Gasteiger partial charge in [0.2, 0.25) is 5.69 Å². The minimum atomic E-state index is -0.336. The zero-order valence-electron chi connectivity index (χ0n) is 30.9. The van der Waals surface area contributed by atoms with E-state index in [1.54, 1.807) is 14.2 Å². The molecule has 0 saturated carbocycles. The number of rotatable bonds is 10. The van der Waals surface area contributed by atoms with Gasteiger partial charge in [0.05, 0.1) is 19.6 Å². The summed E-state index contributed by atoms with van der Waals surface area (Å²) in [6, 6.07) is 34.7. The molecule has 0 aliphatic carbocycles. The van der Waals surface area contributed by atoms with Gasteiger partial charge in [0.15, 0.2) is 5.71 Å². The quantitative estimate of drug-likeness (QED) is 0.136. The minimum Gasteiger partial charge on any atom is -0.497 e. The second kappa shape index (κ2) is 13.7. The summed E-state index contributed by atoms with van der Waals surface area (Å²) in [5, 5.41) is 3.30. The van der Waals surface area contributed by atoms with Gasteiger partial charge in [-0.3, -0.25) is 0 Å². The second-order valence-electron chi connectivity index (χ2n) is 14.5. The molecule has 0 saturated heterocycles. The van der Waals surface area contributed by atoms with Crippen molar-refractivity contribution in [3.63, 3.8) is 0 Å². The summed E-state index contributed by atoms with van der Waals surface area (Å²) >= 11 is 6.71. The average Bonchev–Trinajstić information content (AvgIpc) is 3.48. The molecule has 2 aliphatic heterocycles. The van der Waals surface area contributed by atoms with Crippen LogP contribution >= 0.6 is 11.6 Å². The first-order valence-corrected chi connectivity index (χ1v) is 18.4. The third-order valence-corrected chi connectivity index (χ3v) is 11.4. The third-order valence-electron chi connectivity index (χ3n) is 11.2. The molecule has 0 fully saturated rings. The number of fused-ring (bicyclic) bond motifs is 4. The lowest BCUT2D eigenvalue weighted by molar-refractivity contribution is -0.401. The predicted octanol–water partition coefficient (Wildman–Crippen LogP) is 10.9. The summed E-state index contributed by atoms with van der Waals surface area (Å²) in [5.74, 6) is 1.59. The number of hydrogen-bond acceptors (Lipinski definition) is 3. The van der Waals surface area contributed by atoms with Crippen LogP contribution in [0.2, 0.25) is 5.02 Å². The maximum absolute atomic E-state index is 6.71. The Morgan fingerprint density at radius 2 is 1.55 bits per heavy atom. The molecule has 0 amide bonds. The fourth-order valence-corrected chi connectivity index (χ4v) is 8.87. The number of anilines is 1. The van der Waals surface area contributed by atoms with Gasteiger partial charge in [0, 0.05) is 52.1 Å². The summed E-state index contributed by atoms with van der Waals surface area (Å²) in [6.07, 6.45) is 9.68. The average molecular weight is 696 g/mol. The van der Waals surface area contributed by atoms with E-state index in [0.29, 0.717) is 0 Å². The van der Waals surface area contributed by atoms with Crippen molar-refractivity contribution in [3.8, 4) is 11.5 Å². The fourth-order valence-electron chi connectivity index (χ4n) is 8.69. The normalized spacial score (nSPS) is 20.5. The highest BCUT2D eigenvalue weighted by Crippen LogP contribution is 2.51. The zero-order valence-corrected chi connectivity index (χ0v) is 31.6. The molecule has 2 unspecified atom stereocenters. The van der Waals surface area contributed by atoms with Gasteiger partial charge in [-0.05, 0) is 116 Å². The Bertz CT molecular complexity index is 2210. The lowest BCUT2D eigenvalue weighted by Crippen LogP contribution is -2.33. The number of ether oxygens (including phenoxy) is 2. The van der Waals surface area contributed by atoms with Crippen LogP contribution in [0.5, 0.6) is 11.5 Å². The first kappa shape index (κ1) is 34.6. The van der Waals surface area contributed by atoms with Crippen molar-refractivity contribution in [2.24, 2.45) is 0 Å². The van der Waals surface area contributed by atoms with Crippen molar-refractivity contribution in [3.05, 3.63) is 154 Å². The van der Waals surface area contributed by atoms with Gasteiger partial charge >= 0.3 is 0 Å². The number of methoxy groups -OCH3 is 2. The number of benzene rings is 5. The van der Waals surface area contributed by atoms with E-state index in [2.05, 4.69) is 147 Å². The van der Waals surface area contributed by atoms with E-state index in [0.717, 1.165) is 47.9 Å². The molecule has 2 atom stereocenters. The van der Waals surface area contributed by atoms with Crippen LogP contribution in [-0.2, 0) is 23.7 Å². The van der Waals surface area contributed by atoms with Crippen LogP contribution < -0.4 is 14.4 Å². The molecule has 260 valence electrons. The molecular formula is C46H48ClN2O2+. The highest BCUT2D eigenvalue weighted by atomic mass is 35.5. The van der Waals surface area contributed by atoms with Crippen molar-refractivity contribution in [1.29, 1.82) is 0 Å². The van der Waals surface area contributed by atoms with Gasteiger partial charge in [-0.25, -0.2) is 0 Å². The van der Waals surface area contributed by atoms with Crippen molar-refractivity contribution >= 4 is 39.5 Å². The first-order valence-electron chi connectivity index (χ1n) is 18.0. The van der Waals surface area contributed by atoms with E-state index in [1.165, 1.54) is 55.8 Å². The van der Waals surface area contributed by atoms with Crippen LogP contribution in [0.15, 0.2) is 121 Å². The van der Waals surface area contributed by atoms with E-state index in [9.17, 15) is 0 Å². The molecular weight excluding hydrogens is 648 g/mol. The summed E-state index contributed by atoms with van der Waals surface area (Å²) in [5.41, 5.74) is 10.9. The molecule has 5 heteroatoms. The van der Waals surface area contributed by atoms with E-state index in [4.69, 9.17) is 21.1 Å². The number of hydrogen-bond donors (Lipinski definition) is 0. The molecule has 0 N–H and O–H groups in total. The van der Waals surface area contributed by atoms with Crippen LogP contribution in [0.25, 0.3) is 10.8 Å². The summed E-state index contributed by atoms with van der Waals surface area (Å²) in [6.45, 7) is 10.2. The Balaban J connectivity index is 1.37. The smallest absolute Gasteiger partial charge is 0.210 e. The zero-order chi connectivity index (χ0) is 35.9. The SMILES string of the molecule is CCCN1/C(=C/C=C/C2=[N+](C)c3ccc4ccccc4c3C2(C)Cc2cc(OC)cc(OC)c2)C(C)(Cc2ccccc2C)c2cc(Cl)ccc21. The van der Waals surface area contributed by atoms with E-state index in [1.807, 2.05) is 12.1 Å². The fraction of sp³-hybridized carbons (Fsp3) is 0.283. The topological polar surface area (TPSA) is 24.7 Å². The van der Waals surface area contributed by atoms with Crippen LogP contribution in [0.3, 0.4) is 0 Å². The van der Waals surface area contributed by atoms with E-state index < -0.39 is 0 Å². The number of allylic oxidation sites excluding steroid dienone is 4. The molecule has 7 rings (SSSR count). The number of aryl methyl sites for hydroxylation is 1. The molecule has 5 aromatic rings. The van der Waals surface area contributed by atoms with Gasteiger partial charge in [-0.2, -0.15) is 4.58 Å². The van der Waals surface area contributed by atoms with Crippen molar-refractivity contribution in [1.82, 2.24) is 0 Å². The Morgan fingerprint density at radius 3 is 2.27 bits per heavy atom. The van der Waals surface area contributed by atoms with Crippen LogP contribution in [0.1, 0.15) is 55.0 Å². The molecule has 0 bridgehead atoms. The Kier molecular flexibility index (Phi) is 9.32. The van der Waals surface area contributed by atoms with Gasteiger partial charge < -0.3 is 14.4 Å². The summed E-state index contributed by atoms with van der Waals surface area (Å²) < 4.78 is 13.8. The standard InChI is InChI=1S/C46H48ClN2O2/c1-8-24-49-40-23-21-35(47)27-39(40)45(3,30-34-16-10-9-14-31(34)2)43(49)19-13-18-42-46(4,29-32-25-36(50-6)28-37(26-32)51-7)44-38-17-12-11-15-33(38)20-22-41(44)48(42)5/h9-23,25-28H,8,24,29-30H2,1-7H3/q+1.